The van der Waals surface area contributed by atoms with Gasteiger partial charge in [-0.3, -0.25) is 9.69 Å². The van der Waals surface area contributed by atoms with Crippen molar-refractivity contribution in [2.24, 2.45) is 5.10 Å². The number of amides is 1. The largest absolute Gasteiger partial charge is 0.379 e. The maximum atomic E-state index is 13.3. The standard InChI is InChI=1S/C21H22FN3O2/c22-18-8-6-16(7-9-18)19-14-20(17-4-2-1-3-5-17)25(23-19)21(26)15-24-10-12-27-13-11-24/h1-9,20H,10-15H2. The predicted molar refractivity (Wildman–Crippen MR) is 101 cm³/mol. The van der Waals surface area contributed by atoms with Crippen LogP contribution in [0.15, 0.2) is 59.7 Å². The summed E-state index contributed by atoms with van der Waals surface area (Å²) in [5, 5.41) is 6.23. The van der Waals surface area contributed by atoms with E-state index in [2.05, 4.69) is 10.0 Å². The average Bonchev–Trinajstić information content (AvgIpc) is 3.16. The lowest BCUT2D eigenvalue weighted by Gasteiger charge is -2.29. The van der Waals surface area contributed by atoms with Crippen molar-refractivity contribution in [1.29, 1.82) is 0 Å². The summed E-state index contributed by atoms with van der Waals surface area (Å²) in [6.07, 6.45) is 0.616. The van der Waals surface area contributed by atoms with Crippen molar-refractivity contribution in [2.75, 3.05) is 32.8 Å². The van der Waals surface area contributed by atoms with E-state index in [1.54, 1.807) is 17.1 Å². The molecule has 0 bridgehead atoms. The van der Waals surface area contributed by atoms with Gasteiger partial charge in [-0.1, -0.05) is 42.5 Å². The van der Waals surface area contributed by atoms with Crippen molar-refractivity contribution < 1.29 is 13.9 Å². The van der Waals surface area contributed by atoms with Crippen molar-refractivity contribution in [1.82, 2.24) is 9.91 Å². The van der Waals surface area contributed by atoms with Gasteiger partial charge >= 0.3 is 0 Å². The van der Waals surface area contributed by atoms with E-state index in [4.69, 9.17) is 4.74 Å². The molecule has 0 aliphatic carbocycles. The first kappa shape index (κ1) is 17.8. The quantitative estimate of drug-likeness (QED) is 0.835. The number of rotatable bonds is 4. The molecule has 0 radical (unpaired) electrons. The first-order valence-electron chi connectivity index (χ1n) is 9.21. The summed E-state index contributed by atoms with van der Waals surface area (Å²) in [5.74, 6) is -0.305. The summed E-state index contributed by atoms with van der Waals surface area (Å²) in [6, 6.07) is 16.1. The van der Waals surface area contributed by atoms with Crippen molar-refractivity contribution in [3.63, 3.8) is 0 Å². The Kier molecular flexibility index (Phi) is 5.27. The van der Waals surface area contributed by atoms with E-state index in [-0.39, 0.29) is 17.8 Å². The van der Waals surface area contributed by atoms with Crippen LogP contribution >= 0.6 is 0 Å². The van der Waals surface area contributed by atoms with E-state index in [1.807, 2.05) is 30.3 Å². The number of hydrazone groups is 1. The van der Waals surface area contributed by atoms with Gasteiger partial charge in [-0.25, -0.2) is 9.40 Å². The Morgan fingerprint density at radius 1 is 1.07 bits per heavy atom. The molecule has 2 heterocycles. The smallest absolute Gasteiger partial charge is 0.257 e. The number of benzene rings is 2. The molecule has 5 nitrogen and oxygen atoms in total. The first-order chi connectivity index (χ1) is 13.2. The Morgan fingerprint density at radius 2 is 1.78 bits per heavy atom. The van der Waals surface area contributed by atoms with Gasteiger partial charge in [0.25, 0.3) is 5.91 Å². The number of carbonyl (C=O) groups is 1. The van der Waals surface area contributed by atoms with Gasteiger partial charge in [0.2, 0.25) is 0 Å². The number of hydrogen-bond donors (Lipinski definition) is 0. The number of ether oxygens (including phenoxy) is 1. The average molecular weight is 367 g/mol. The van der Waals surface area contributed by atoms with Crippen molar-refractivity contribution >= 4 is 11.6 Å². The van der Waals surface area contributed by atoms with Gasteiger partial charge in [0.05, 0.1) is 31.5 Å². The third kappa shape index (κ3) is 4.07. The van der Waals surface area contributed by atoms with Gasteiger partial charge in [0, 0.05) is 19.5 Å². The van der Waals surface area contributed by atoms with Crippen LogP contribution in [0.4, 0.5) is 4.39 Å². The van der Waals surface area contributed by atoms with Crippen LogP contribution in [0.1, 0.15) is 23.6 Å². The van der Waals surface area contributed by atoms with E-state index < -0.39 is 0 Å². The van der Waals surface area contributed by atoms with Crippen LogP contribution in [-0.2, 0) is 9.53 Å². The molecule has 27 heavy (non-hydrogen) atoms. The van der Waals surface area contributed by atoms with Crippen LogP contribution in [0, 0.1) is 5.82 Å². The van der Waals surface area contributed by atoms with Gasteiger partial charge < -0.3 is 4.74 Å². The molecular formula is C21H22FN3O2. The van der Waals surface area contributed by atoms with Crippen LogP contribution in [-0.4, -0.2) is 54.4 Å². The molecule has 2 aromatic carbocycles. The molecule has 1 atom stereocenters. The van der Waals surface area contributed by atoms with E-state index in [1.165, 1.54) is 12.1 Å². The number of halogens is 1. The van der Waals surface area contributed by atoms with Crippen LogP contribution in [0.25, 0.3) is 0 Å². The van der Waals surface area contributed by atoms with Gasteiger partial charge in [-0.15, -0.1) is 0 Å². The minimum atomic E-state index is -0.280. The SMILES string of the molecule is O=C(CN1CCOCC1)N1N=C(c2ccc(F)cc2)CC1c1ccccc1. The fraction of sp³-hybridized carbons (Fsp3) is 0.333. The summed E-state index contributed by atoms with van der Waals surface area (Å²) in [5.41, 5.74) is 2.70. The fourth-order valence-corrected chi connectivity index (χ4v) is 3.51. The highest BCUT2D eigenvalue weighted by Gasteiger charge is 2.33. The molecular weight excluding hydrogens is 345 g/mol. The third-order valence-corrected chi connectivity index (χ3v) is 4.99. The number of morpholine rings is 1. The van der Waals surface area contributed by atoms with Crippen molar-refractivity contribution in [2.45, 2.75) is 12.5 Å². The van der Waals surface area contributed by atoms with E-state index in [0.717, 1.165) is 29.9 Å². The zero-order valence-electron chi connectivity index (χ0n) is 15.1. The molecule has 0 aromatic heterocycles. The van der Waals surface area contributed by atoms with E-state index in [0.29, 0.717) is 26.2 Å². The highest BCUT2D eigenvalue weighted by atomic mass is 19.1. The molecule has 0 saturated carbocycles. The Bertz CT molecular complexity index is 817. The van der Waals surface area contributed by atoms with E-state index in [9.17, 15) is 9.18 Å². The lowest BCUT2D eigenvalue weighted by molar-refractivity contribution is -0.135. The molecule has 2 aliphatic rings. The van der Waals surface area contributed by atoms with Crippen LogP contribution in [0.2, 0.25) is 0 Å². The number of carbonyl (C=O) groups excluding carboxylic acids is 1. The van der Waals surface area contributed by atoms with Crippen LogP contribution in [0.5, 0.6) is 0 Å². The number of hydrogen-bond acceptors (Lipinski definition) is 4. The molecule has 0 N–H and O–H groups in total. The maximum absolute atomic E-state index is 13.3. The fourth-order valence-electron chi connectivity index (χ4n) is 3.51. The zero-order valence-corrected chi connectivity index (χ0v) is 15.1. The van der Waals surface area contributed by atoms with Crippen LogP contribution < -0.4 is 0 Å². The second-order valence-electron chi connectivity index (χ2n) is 6.81. The molecule has 1 unspecified atom stereocenters. The third-order valence-electron chi connectivity index (χ3n) is 4.99. The van der Waals surface area contributed by atoms with Gasteiger partial charge in [0.15, 0.2) is 0 Å². The normalized spacial score (nSPS) is 20.6. The second-order valence-corrected chi connectivity index (χ2v) is 6.81. The maximum Gasteiger partial charge on any atom is 0.257 e. The summed E-state index contributed by atoms with van der Waals surface area (Å²) in [4.78, 5) is 15.1. The molecule has 6 heteroatoms. The summed E-state index contributed by atoms with van der Waals surface area (Å²) in [7, 11) is 0. The van der Waals surface area contributed by atoms with Gasteiger partial charge in [-0.2, -0.15) is 5.10 Å². The highest BCUT2D eigenvalue weighted by molar-refractivity contribution is 6.03. The molecule has 0 spiro atoms. The lowest BCUT2D eigenvalue weighted by Crippen LogP contribution is -2.43. The molecule has 2 aromatic rings. The summed E-state index contributed by atoms with van der Waals surface area (Å²) >= 11 is 0. The summed E-state index contributed by atoms with van der Waals surface area (Å²) in [6.45, 7) is 3.14. The zero-order chi connectivity index (χ0) is 18.6. The molecule has 1 amide bonds. The minimum absolute atomic E-state index is 0.0251. The van der Waals surface area contributed by atoms with Gasteiger partial charge in [0.1, 0.15) is 5.82 Å². The first-order valence-corrected chi connectivity index (χ1v) is 9.21. The second kappa shape index (κ2) is 7.98. The Balaban J connectivity index is 1.58. The molecule has 2 aliphatic heterocycles. The molecule has 1 saturated heterocycles. The topological polar surface area (TPSA) is 45.1 Å². The molecule has 4 rings (SSSR count). The molecule has 140 valence electrons. The van der Waals surface area contributed by atoms with Gasteiger partial charge in [-0.05, 0) is 23.3 Å². The predicted octanol–water partition coefficient (Wildman–Crippen LogP) is 2.84. The Labute approximate surface area is 158 Å². The van der Waals surface area contributed by atoms with E-state index >= 15 is 0 Å². The number of nitrogens with zero attached hydrogens (tertiary/aromatic N) is 3. The summed E-state index contributed by atoms with van der Waals surface area (Å²) < 4.78 is 18.6. The minimum Gasteiger partial charge on any atom is -0.379 e. The molecule has 1 fully saturated rings. The van der Waals surface area contributed by atoms with Crippen molar-refractivity contribution in [3.05, 3.63) is 71.5 Å². The lowest BCUT2D eigenvalue weighted by atomic mass is 9.98. The Hall–Kier alpha value is -2.57. The Morgan fingerprint density at radius 3 is 2.48 bits per heavy atom. The highest BCUT2D eigenvalue weighted by Crippen LogP contribution is 2.32. The monoisotopic (exact) mass is 367 g/mol. The van der Waals surface area contributed by atoms with Crippen molar-refractivity contribution in [3.8, 4) is 0 Å². The van der Waals surface area contributed by atoms with Crippen LogP contribution in [0.3, 0.4) is 0 Å².